The van der Waals surface area contributed by atoms with Crippen molar-refractivity contribution >= 4 is 22.8 Å². The van der Waals surface area contributed by atoms with Gasteiger partial charge in [-0.2, -0.15) is 0 Å². The number of aromatic amines is 1. The third kappa shape index (κ3) is 2.27. The summed E-state index contributed by atoms with van der Waals surface area (Å²) in [4.78, 5) is 8.84. The first-order chi connectivity index (χ1) is 8.85. The van der Waals surface area contributed by atoms with Crippen LogP contribution in [0.25, 0.3) is 11.0 Å². The minimum absolute atomic E-state index is 0.933. The van der Waals surface area contributed by atoms with Crippen molar-refractivity contribution in [2.75, 3.05) is 6.26 Å². The van der Waals surface area contributed by atoms with Crippen LogP contribution in [-0.2, 0) is 6.42 Å². The Kier molecular flexibility index (Phi) is 3.07. The maximum absolute atomic E-state index is 4.42. The van der Waals surface area contributed by atoms with Crippen molar-refractivity contribution in [2.45, 2.75) is 11.3 Å². The molecule has 0 unspecified atom stereocenters. The van der Waals surface area contributed by atoms with Crippen LogP contribution in [0.15, 0.2) is 53.7 Å². The van der Waals surface area contributed by atoms with Crippen LogP contribution in [0.1, 0.15) is 11.1 Å². The van der Waals surface area contributed by atoms with Gasteiger partial charge in [0.05, 0.1) is 0 Å². The van der Waals surface area contributed by atoms with Crippen LogP contribution in [0.4, 0.5) is 0 Å². The van der Waals surface area contributed by atoms with E-state index in [0.29, 0.717) is 0 Å². The molecule has 0 saturated carbocycles. The summed E-state index contributed by atoms with van der Waals surface area (Å²) < 4.78 is 0. The standard InChI is InChI=1S/C15H14N2S/c1-18-14-4-2-3-11(9-14)7-12-8-13-5-6-16-15(13)17-10-12/h2-6,8-10H,7H2,1H3,(H,16,17). The third-order valence-corrected chi connectivity index (χ3v) is 3.72. The highest BCUT2D eigenvalue weighted by molar-refractivity contribution is 7.98. The second-order valence-corrected chi connectivity index (χ2v) is 5.17. The van der Waals surface area contributed by atoms with Crippen LogP contribution in [-0.4, -0.2) is 16.2 Å². The first kappa shape index (κ1) is 11.4. The van der Waals surface area contributed by atoms with Gasteiger partial charge in [-0.1, -0.05) is 12.1 Å². The van der Waals surface area contributed by atoms with Gasteiger partial charge < -0.3 is 4.98 Å². The minimum Gasteiger partial charge on any atom is -0.346 e. The average Bonchev–Trinajstić information content (AvgIpc) is 2.86. The Morgan fingerprint density at radius 2 is 2.11 bits per heavy atom. The summed E-state index contributed by atoms with van der Waals surface area (Å²) in [7, 11) is 0. The van der Waals surface area contributed by atoms with Gasteiger partial charge in [-0.3, -0.25) is 0 Å². The molecular formula is C15H14N2S. The van der Waals surface area contributed by atoms with Crippen LogP contribution in [0.3, 0.4) is 0 Å². The molecule has 0 atom stereocenters. The van der Waals surface area contributed by atoms with Crippen LogP contribution in [0, 0.1) is 0 Å². The number of hydrogen-bond acceptors (Lipinski definition) is 2. The number of thioether (sulfide) groups is 1. The lowest BCUT2D eigenvalue weighted by molar-refractivity contribution is 1.15. The van der Waals surface area contributed by atoms with E-state index in [1.165, 1.54) is 21.4 Å². The number of benzene rings is 1. The largest absolute Gasteiger partial charge is 0.346 e. The van der Waals surface area contributed by atoms with Crippen LogP contribution >= 0.6 is 11.8 Å². The molecule has 0 fully saturated rings. The zero-order valence-corrected chi connectivity index (χ0v) is 11.0. The summed E-state index contributed by atoms with van der Waals surface area (Å²) in [6.07, 6.45) is 6.91. The first-order valence-electron chi connectivity index (χ1n) is 5.90. The smallest absolute Gasteiger partial charge is 0.137 e. The Bertz CT molecular complexity index is 673. The molecule has 2 heterocycles. The number of rotatable bonds is 3. The van der Waals surface area contributed by atoms with E-state index in [-0.39, 0.29) is 0 Å². The summed E-state index contributed by atoms with van der Waals surface area (Å²) in [6.45, 7) is 0. The van der Waals surface area contributed by atoms with E-state index < -0.39 is 0 Å². The lowest BCUT2D eigenvalue weighted by Gasteiger charge is -2.04. The first-order valence-corrected chi connectivity index (χ1v) is 7.12. The monoisotopic (exact) mass is 254 g/mol. The number of H-pyrrole nitrogens is 1. The lowest BCUT2D eigenvalue weighted by atomic mass is 10.1. The van der Waals surface area contributed by atoms with E-state index >= 15 is 0 Å². The van der Waals surface area contributed by atoms with Crippen LogP contribution < -0.4 is 0 Å². The molecular weight excluding hydrogens is 240 g/mol. The number of nitrogens with zero attached hydrogens (tertiary/aromatic N) is 1. The fourth-order valence-electron chi connectivity index (χ4n) is 2.10. The summed E-state index contributed by atoms with van der Waals surface area (Å²) in [6, 6.07) is 12.9. The molecule has 3 heteroatoms. The molecule has 0 spiro atoms. The van der Waals surface area contributed by atoms with Gasteiger partial charge >= 0.3 is 0 Å². The summed E-state index contributed by atoms with van der Waals surface area (Å²) in [5.41, 5.74) is 3.54. The van der Waals surface area contributed by atoms with Crippen molar-refractivity contribution in [3.05, 3.63) is 59.9 Å². The third-order valence-electron chi connectivity index (χ3n) is 3.00. The minimum atomic E-state index is 0.933. The molecule has 1 N–H and O–H groups in total. The Labute approximate surface area is 110 Å². The van der Waals surface area contributed by atoms with E-state index in [1.54, 1.807) is 11.8 Å². The normalized spacial score (nSPS) is 10.9. The molecule has 3 rings (SSSR count). The molecule has 0 bridgehead atoms. The second-order valence-electron chi connectivity index (χ2n) is 4.29. The molecule has 0 amide bonds. The van der Waals surface area contributed by atoms with E-state index in [9.17, 15) is 0 Å². The topological polar surface area (TPSA) is 28.7 Å². The average molecular weight is 254 g/mol. The number of aromatic nitrogens is 2. The molecule has 2 nitrogen and oxygen atoms in total. The molecule has 1 aromatic carbocycles. The SMILES string of the molecule is CSc1cccc(Cc2cnc3[nH]ccc3c2)c1. The van der Waals surface area contributed by atoms with Crippen molar-refractivity contribution < 1.29 is 0 Å². The second kappa shape index (κ2) is 4.86. The van der Waals surface area contributed by atoms with Gasteiger partial charge in [0.25, 0.3) is 0 Å². The van der Waals surface area contributed by atoms with E-state index in [2.05, 4.69) is 52.6 Å². The maximum Gasteiger partial charge on any atom is 0.137 e. The Morgan fingerprint density at radius 1 is 1.17 bits per heavy atom. The van der Waals surface area contributed by atoms with Crippen molar-refractivity contribution in [1.82, 2.24) is 9.97 Å². The predicted molar refractivity (Wildman–Crippen MR) is 77.1 cm³/mol. The van der Waals surface area contributed by atoms with Gasteiger partial charge in [-0.25, -0.2) is 4.98 Å². The zero-order valence-electron chi connectivity index (χ0n) is 10.2. The zero-order chi connectivity index (χ0) is 12.4. The van der Waals surface area contributed by atoms with E-state index in [1.807, 2.05) is 12.4 Å². The van der Waals surface area contributed by atoms with E-state index in [4.69, 9.17) is 0 Å². The van der Waals surface area contributed by atoms with Crippen LogP contribution in [0.5, 0.6) is 0 Å². The summed E-state index contributed by atoms with van der Waals surface area (Å²) in [5.74, 6) is 0. The van der Waals surface area contributed by atoms with Gasteiger partial charge in [0.15, 0.2) is 0 Å². The number of fused-ring (bicyclic) bond motifs is 1. The Hall–Kier alpha value is -1.74. The van der Waals surface area contributed by atoms with Gasteiger partial charge in [-0.15, -0.1) is 11.8 Å². The number of nitrogens with one attached hydrogen (secondary N) is 1. The highest BCUT2D eigenvalue weighted by Crippen LogP contribution is 2.19. The van der Waals surface area contributed by atoms with Gasteiger partial charge in [0.1, 0.15) is 5.65 Å². The van der Waals surface area contributed by atoms with Gasteiger partial charge in [0, 0.05) is 22.7 Å². The van der Waals surface area contributed by atoms with Crippen molar-refractivity contribution in [3.63, 3.8) is 0 Å². The number of hydrogen-bond donors (Lipinski definition) is 1. The predicted octanol–water partition coefficient (Wildman–Crippen LogP) is 3.88. The number of pyridine rings is 1. The van der Waals surface area contributed by atoms with Crippen molar-refractivity contribution in [3.8, 4) is 0 Å². The molecule has 0 aliphatic heterocycles. The van der Waals surface area contributed by atoms with Crippen molar-refractivity contribution in [1.29, 1.82) is 0 Å². The van der Waals surface area contributed by atoms with Gasteiger partial charge in [-0.05, 0) is 48.1 Å². The molecule has 2 aromatic heterocycles. The fraction of sp³-hybridized carbons (Fsp3) is 0.133. The lowest BCUT2D eigenvalue weighted by Crippen LogP contribution is -1.90. The summed E-state index contributed by atoms with van der Waals surface area (Å²) >= 11 is 1.78. The van der Waals surface area contributed by atoms with Crippen LogP contribution in [0.2, 0.25) is 0 Å². The highest BCUT2D eigenvalue weighted by atomic mass is 32.2. The maximum atomic E-state index is 4.42. The quantitative estimate of drug-likeness (QED) is 0.719. The Morgan fingerprint density at radius 3 is 3.00 bits per heavy atom. The molecule has 18 heavy (non-hydrogen) atoms. The molecule has 0 radical (unpaired) electrons. The molecule has 0 saturated heterocycles. The summed E-state index contributed by atoms with van der Waals surface area (Å²) in [5, 5.41) is 1.17. The highest BCUT2D eigenvalue weighted by Gasteiger charge is 2.01. The molecule has 90 valence electrons. The van der Waals surface area contributed by atoms with E-state index in [0.717, 1.165) is 12.1 Å². The van der Waals surface area contributed by atoms with Crippen molar-refractivity contribution in [2.24, 2.45) is 0 Å². The molecule has 0 aliphatic rings. The molecule has 3 aromatic rings. The molecule has 0 aliphatic carbocycles. The Balaban J connectivity index is 1.90. The fourth-order valence-corrected chi connectivity index (χ4v) is 2.58. The van der Waals surface area contributed by atoms with Gasteiger partial charge in [0.2, 0.25) is 0 Å².